The van der Waals surface area contributed by atoms with Crippen LogP contribution in [0.3, 0.4) is 0 Å². The van der Waals surface area contributed by atoms with E-state index in [2.05, 4.69) is 0 Å². The summed E-state index contributed by atoms with van der Waals surface area (Å²) < 4.78 is 4.86. The summed E-state index contributed by atoms with van der Waals surface area (Å²) in [7, 11) is 1.46. The molecule has 0 spiro atoms. The van der Waals surface area contributed by atoms with Crippen LogP contribution >= 0.6 is 11.6 Å². The number of Topliss-reactive ketones (excluding diaryl/α,β-unsaturated/α-hetero) is 1. The Bertz CT molecular complexity index is 395. The molecule has 2 rings (SSSR count). The normalized spacial score (nSPS) is 20.7. The summed E-state index contributed by atoms with van der Waals surface area (Å²) in [6, 6.07) is 9.45. The first-order valence-electron chi connectivity index (χ1n) is 4.28. The van der Waals surface area contributed by atoms with Crippen molar-refractivity contribution in [1.29, 1.82) is 0 Å². The number of benzene rings is 1. The summed E-state index contributed by atoms with van der Waals surface area (Å²) in [5.41, 5.74) is 0.920. The van der Waals surface area contributed by atoms with Crippen LogP contribution in [0.25, 0.3) is 0 Å². The van der Waals surface area contributed by atoms with Gasteiger partial charge in [-0.1, -0.05) is 41.9 Å². The number of halogens is 1. The number of ketones is 1. The fourth-order valence-electron chi connectivity index (χ4n) is 1.56. The number of hydrogen-bond donors (Lipinski definition) is 0. The maximum Gasteiger partial charge on any atom is 0.211 e. The highest BCUT2D eigenvalue weighted by atomic mass is 35.5. The molecule has 0 saturated heterocycles. The highest BCUT2D eigenvalue weighted by Crippen LogP contribution is 2.41. The fraction of sp³-hybridized carbons (Fsp3) is 0.182. The SMILES string of the molecule is COC1=C(Cl)C(c2ccccc2)C1=O. The van der Waals surface area contributed by atoms with Gasteiger partial charge in [-0.15, -0.1) is 0 Å². The highest BCUT2D eigenvalue weighted by molar-refractivity contribution is 6.39. The molecule has 0 aliphatic heterocycles. The van der Waals surface area contributed by atoms with E-state index in [4.69, 9.17) is 16.3 Å². The molecule has 0 heterocycles. The number of rotatable bonds is 2. The van der Waals surface area contributed by atoms with E-state index in [0.29, 0.717) is 10.8 Å². The van der Waals surface area contributed by atoms with Crippen LogP contribution in [0.4, 0.5) is 0 Å². The van der Waals surface area contributed by atoms with Crippen LogP contribution in [-0.4, -0.2) is 12.9 Å². The van der Waals surface area contributed by atoms with Gasteiger partial charge in [-0.05, 0) is 5.56 Å². The van der Waals surface area contributed by atoms with E-state index in [1.807, 2.05) is 30.3 Å². The molecule has 72 valence electrons. The van der Waals surface area contributed by atoms with Gasteiger partial charge in [0.1, 0.15) is 0 Å². The van der Waals surface area contributed by atoms with Gasteiger partial charge in [-0.2, -0.15) is 0 Å². The van der Waals surface area contributed by atoms with Crippen LogP contribution < -0.4 is 0 Å². The summed E-state index contributed by atoms with van der Waals surface area (Å²) >= 11 is 5.94. The van der Waals surface area contributed by atoms with Crippen molar-refractivity contribution in [2.45, 2.75) is 5.92 Å². The molecule has 0 saturated carbocycles. The van der Waals surface area contributed by atoms with Crippen LogP contribution in [0.2, 0.25) is 0 Å². The predicted molar refractivity (Wildman–Crippen MR) is 54.1 cm³/mol. The molecule has 0 N–H and O–H groups in total. The fourth-order valence-corrected chi connectivity index (χ4v) is 1.95. The lowest BCUT2D eigenvalue weighted by atomic mass is 9.84. The zero-order chi connectivity index (χ0) is 10.1. The molecule has 0 fully saturated rings. The first kappa shape index (κ1) is 9.28. The smallest absolute Gasteiger partial charge is 0.211 e. The lowest BCUT2D eigenvalue weighted by molar-refractivity contribution is -0.121. The first-order valence-corrected chi connectivity index (χ1v) is 4.66. The molecule has 1 atom stereocenters. The van der Waals surface area contributed by atoms with Gasteiger partial charge >= 0.3 is 0 Å². The van der Waals surface area contributed by atoms with E-state index in [9.17, 15) is 4.79 Å². The van der Waals surface area contributed by atoms with Crippen molar-refractivity contribution >= 4 is 17.4 Å². The van der Waals surface area contributed by atoms with E-state index in [0.717, 1.165) is 5.56 Å². The zero-order valence-electron chi connectivity index (χ0n) is 7.66. The lowest BCUT2D eigenvalue weighted by Crippen LogP contribution is -2.27. The maximum atomic E-state index is 11.5. The minimum absolute atomic E-state index is 0.0382. The highest BCUT2D eigenvalue weighted by Gasteiger charge is 2.40. The second-order valence-corrected chi connectivity index (χ2v) is 3.50. The Labute approximate surface area is 87.1 Å². The second-order valence-electron chi connectivity index (χ2n) is 3.09. The molecule has 0 amide bonds. The quantitative estimate of drug-likeness (QED) is 0.746. The van der Waals surface area contributed by atoms with Crippen LogP contribution in [-0.2, 0) is 9.53 Å². The molecule has 14 heavy (non-hydrogen) atoms. The maximum absolute atomic E-state index is 11.5. The van der Waals surface area contributed by atoms with Gasteiger partial charge in [0.15, 0.2) is 5.76 Å². The van der Waals surface area contributed by atoms with E-state index < -0.39 is 0 Å². The summed E-state index contributed by atoms with van der Waals surface area (Å²) in [5.74, 6) is -0.0583. The minimum Gasteiger partial charge on any atom is -0.492 e. The summed E-state index contributed by atoms with van der Waals surface area (Å²) in [6.07, 6.45) is 0. The molecule has 3 heteroatoms. The van der Waals surface area contributed by atoms with Gasteiger partial charge < -0.3 is 4.74 Å². The number of allylic oxidation sites excluding steroid dienone is 2. The minimum atomic E-state index is -0.312. The summed E-state index contributed by atoms with van der Waals surface area (Å²) in [6.45, 7) is 0. The van der Waals surface area contributed by atoms with E-state index >= 15 is 0 Å². The first-order chi connectivity index (χ1) is 6.75. The van der Waals surface area contributed by atoms with Crippen LogP contribution in [0.1, 0.15) is 11.5 Å². The average molecular weight is 209 g/mol. The van der Waals surface area contributed by atoms with Gasteiger partial charge in [-0.3, -0.25) is 4.79 Å². The van der Waals surface area contributed by atoms with Crippen molar-refractivity contribution in [2.24, 2.45) is 0 Å². The zero-order valence-corrected chi connectivity index (χ0v) is 8.41. The molecule has 1 aromatic carbocycles. The van der Waals surface area contributed by atoms with Gasteiger partial charge in [0.2, 0.25) is 5.78 Å². The van der Waals surface area contributed by atoms with Gasteiger partial charge in [0.25, 0.3) is 0 Å². The molecule has 1 unspecified atom stereocenters. The Morgan fingerprint density at radius 2 is 1.93 bits per heavy atom. The number of ether oxygens (including phenoxy) is 1. The van der Waals surface area contributed by atoms with Gasteiger partial charge in [0, 0.05) is 0 Å². The van der Waals surface area contributed by atoms with Crippen molar-refractivity contribution in [3.63, 3.8) is 0 Å². The third kappa shape index (κ3) is 1.23. The predicted octanol–water partition coefficient (Wildman–Crippen LogP) is 2.45. The number of carbonyl (C=O) groups is 1. The summed E-state index contributed by atoms with van der Waals surface area (Å²) in [5, 5.41) is 0.503. The van der Waals surface area contributed by atoms with Gasteiger partial charge in [0.05, 0.1) is 18.1 Å². The molecule has 2 nitrogen and oxygen atoms in total. The number of hydrogen-bond acceptors (Lipinski definition) is 2. The molecular formula is C11H9ClO2. The molecule has 1 aromatic rings. The van der Waals surface area contributed by atoms with E-state index in [1.54, 1.807) is 0 Å². The monoisotopic (exact) mass is 208 g/mol. The van der Waals surface area contributed by atoms with Crippen molar-refractivity contribution in [3.05, 3.63) is 46.7 Å². The number of methoxy groups -OCH3 is 1. The molecule has 0 bridgehead atoms. The Morgan fingerprint density at radius 1 is 1.29 bits per heavy atom. The summed E-state index contributed by atoms with van der Waals surface area (Å²) in [4.78, 5) is 11.5. The van der Waals surface area contributed by atoms with E-state index in [1.165, 1.54) is 7.11 Å². The average Bonchev–Trinajstić information content (AvgIpc) is 2.20. The molecule has 1 aliphatic rings. The molecule has 1 aliphatic carbocycles. The van der Waals surface area contributed by atoms with Crippen LogP contribution in [0, 0.1) is 0 Å². The standard InChI is InChI=1S/C11H9ClO2/c1-14-11-9(12)8(10(11)13)7-5-3-2-4-6-7/h2-6,8H,1H3. The Kier molecular flexibility index (Phi) is 2.30. The second kappa shape index (κ2) is 3.46. The number of carbonyl (C=O) groups excluding carboxylic acids is 1. The largest absolute Gasteiger partial charge is 0.492 e. The lowest BCUT2D eigenvalue weighted by Gasteiger charge is -2.26. The van der Waals surface area contributed by atoms with Crippen molar-refractivity contribution in [1.82, 2.24) is 0 Å². The van der Waals surface area contributed by atoms with Crippen molar-refractivity contribution < 1.29 is 9.53 Å². The van der Waals surface area contributed by atoms with Crippen LogP contribution in [0.15, 0.2) is 41.1 Å². The Balaban J connectivity index is 2.34. The topological polar surface area (TPSA) is 26.3 Å². The van der Waals surface area contributed by atoms with Crippen molar-refractivity contribution in [3.8, 4) is 0 Å². The van der Waals surface area contributed by atoms with E-state index in [-0.39, 0.29) is 11.7 Å². The Hall–Kier alpha value is -1.28. The van der Waals surface area contributed by atoms with Crippen LogP contribution in [0.5, 0.6) is 0 Å². The molecular weight excluding hydrogens is 200 g/mol. The third-order valence-corrected chi connectivity index (χ3v) is 2.68. The van der Waals surface area contributed by atoms with Crippen molar-refractivity contribution in [2.75, 3.05) is 7.11 Å². The third-order valence-electron chi connectivity index (χ3n) is 2.29. The van der Waals surface area contributed by atoms with Gasteiger partial charge in [-0.25, -0.2) is 0 Å². The molecule has 0 radical (unpaired) electrons. The molecule has 0 aromatic heterocycles. The Morgan fingerprint density at radius 3 is 2.43 bits per heavy atom.